The van der Waals surface area contributed by atoms with Crippen LogP contribution in [-0.2, 0) is 11.2 Å². The number of carbonyl (C=O) groups excluding carboxylic acids is 1. The molecule has 1 heterocycles. The first kappa shape index (κ1) is 15.9. The fourth-order valence-corrected chi connectivity index (χ4v) is 2.42. The molecule has 0 saturated carbocycles. The molecule has 0 bridgehead atoms. The van der Waals surface area contributed by atoms with Crippen LogP contribution in [0.25, 0.3) is 5.69 Å². The van der Waals surface area contributed by atoms with Crippen LogP contribution in [0.1, 0.15) is 24.1 Å². The fraction of sp³-hybridized carbons (Fsp3) is 0.167. The largest absolute Gasteiger partial charge is 0.349 e. The van der Waals surface area contributed by atoms with E-state index in [1.165, 1.54) is 18.5 Å². The molecule has 2 aromatic carbocycles. The number of carbonyl (C=O) groups is 1. The summed E-state index contributed by atoms with van der Waals surface area (Å²) in [4.78, 5) is 16.0. The van der Waals surface area contributed by atoms with Crippen LogP contribution in [0, 0.1) is 5.82 Å². The van der Waals surface area contributed by atoms with E-state index < -0.39 is 0 Å². The van der Waals surface area contributed by atoms with Gasteiger partial charge in [0, 0.05) is 0 Å². The Hall–Kier alpha value is -3.02. The van der Waals surface area contributed by atoms with Crippen LogP contribution in [0.4, 0.5) is 4.39 Å². The molecule has 122 valence electrons. The average molecular weight is 324 g/mol. The summed E-state index contributed by atoms with van der Waals surface area (Å²) in [6.45, 7) is 1.92. The molecular weight excluding hydrogens is 307 g/mol. The van der Waals surface area contributed by atoms with E-state index in [0.29, 0.717) is 0 Å². The van der Waals surface area contributed by atoms with E-state index in [1.807, 2.05) is 31.2 Å². The van der Waals surface area contributed by atoms with Gasteiger partial charge < -0.3 is 5.32 Å². The third-order valence-corrected chi connectivity index (χ3v) is 3.73. The minimum Gasteiger partial charge on any atom is -0.349 e. The molecule has 0 saturated heterocycles. The number of hydrogen-bond acceptors (Lipinski definition) is 3. The highest BCUT2D eigenvalue weighted by Crippen LogP contribution is 2.15. The second kappa shape index (κ2) is 7.04. The van der Waals surface area contributed by atoms with Gasteiger partial charge in [-0.05, 0) is 42.3 Å². The van der Waals surface area contributed by atoms with E-state index in [-0.39, 0.29) is 24.2 Å². The summed E-state index contributed by atoms with van der Waals surface area (Å²) in [7, 11) is 0. The highest BCUT2D eigenvalue weighted by atomic mass is 19.1. The van der Waals surface area contributed by atoms with Gasteiger partial charge in [0.05, 0.1) is 18.2 Å². The number of rotatable bonds is 5. The van der Waals surface area contributed by atoms with Gasteiger partial charge in [0.25, 0.3) is 0 Å². The molecule has 5 nitrogen and oxygen atoms in total. The summed E-state index contributed by atoms with van der Waals surface area (Å²) >= 11 is 0. The van der Waals surface area contributed by atoms with Crippen molar-refractivity contribution in [2.45, 2.75) is 19.4 Å². The molecule has 0 fully saturated rings. The Morgan fingerprint density at radius 2 is 1.88 bits per heavy atom. The maximum Gasteiger partial charge on any atom is 0.224 e. The van der Waals surface area contributed by atoms with E-state index in [0.717, 1.165) is 16.8 Å². The Kier molecular flexibility index (Phi) is 4.65. The smallest absolute Gasteiger partial charge is 0.224 e. The summed E-state index contributed by atoms with van der Waals surface area (Å²) in [6.07, 6.45) is 3.33. The normalized spacial score (nSPS) is 11.9. The van der Waals surface area contributed by atoms with Crippen LogP contribution in [0.15, 0.2) is 61.2 Å². The SMILES string of the molecule is C[C@H](NC(=O)Cc1ccc(F)cc1)c1ccc(-n2cncn2)cc1. The second-order valence-electron chi connectivity index (χ2n) is 5.52. The monoisotopic (exact) mass is 324 g/mol. The minimum atomic E-state index is -0.306. The zero-order valence-corrected chi connectivity index (χ0v) is 13.2. The summed E-state index contributed by atoms with van der Waals surface area (Å²) < 4.78 is 14.5. The van der Waals surface area contributed by atoms with Crippen LogP contribution in [0.2, 0.25) is 0 Å². The Bertz CT molecular complexity index is 798. The molecule has 1 N–H and O–H groups in total. The van der Waals surface area contributed by atoms with Crippen molar-refractivity contribution in [3.05, 3.63) is 78.1 Å². The molecule has 1 atom stereocenters. The highest BCUT2D eigenvalue weighted by molar-refractivity contribution is 5.79. The maximum absolute atomic E-state index is 12.9. The van der Waals surface area contributed by atoms with Gasteiger partial charge in [0.2, 0.25) is 5.91 Å². The Morgan fingerprint density at radius 1 is 1.17 bits per heavy atom. The Morgan fingerprint density at radius 3 is 2.50 bits per heavy atom. The molecule has 1 aromatic heterocycles. The number of hydrogen-bond donors (Lipinski definition) is 1. The molecule has 1 amide bonds. The third-order valence-electron chi connectivity index (χ3n) is 3.73. The van der Waals surface area contributed by atoms with Gasteiger partial charge in [-0.25, -0.2) is 14.1 Å². The quantitative estimate of drug-likeness (QED) is 0.785. The van der Waals surface area contributed by atoms with Gasteiger partial charge in [0.15, 0.2) is 0 Å². The van der Waals surface area contributed by atoms with E-state index in [1.54, 1.807) is 23.1 Å². The average Bonchev–Trinajstić information content (AvgIpc) is 3.11. The molecule has 6 heteroatoms. The zero-order chi connectivity index (χ0) is 16.9. The van der Waals surface area contributed by atoms with Crippen molar-refractivity contribution in [2.75, 3.05) is 0 Å². The van der Waals surface area contributed by atoms with Crippen molar-refractivity contribution in [3.8, 4) is 5.69 Å². The number of benzene rings is 2. The van der Waals surface area contributed by atoms with Crippen molar-refractivity contribution in [3.63, 3.8) is 0 Å². The molecule has 3 rings (SSSR count). The summed E-state index contributed by atoms with van der Waals surface area (Å²) in [5.41, 5.74) is 2.68. The predicted molar refractivity (Wildman–Crippen MR) is 88.0 cm³/mol. The molecule has 0 aliphatic rings. The first-order chi connectivity index (χ1) is 11.6. The molecule has 3 aromatic rings. The van der Waals surface area contributed by atoms with Crippen LogP contribution < -0.4 is 5.32 Å². The van der Waals surface area contributed by atoms with Crippen LogP contribution in [-0.4, -0.2) is 20.7 Å². The van der Waals surface area contributed by atoms with Gasteiger partial charge >= 0.3 is 0 Å². The lowest BCUT2D eigenvalue weighted by molar-refractivity contribution is -0.121. The third kappa shape index (κ3) is 3.84. The first-order valence-electron chi connectivity index (χ1n) is 7.60. The van der Waals surface area contributed by atoms with Crippen LogP contribution in [0.5, 0.6) is 0 Å². The molecule has 0 unspecified atom stereocenters. The van der Waals surface area contributed by atoms with Crippen molar-refractivity contribution >= 4 is 5.91 Å². The minimum absolute atomic E-state index is 0.102. The standard InChI is InChI=1S/C18H17FN4O/c1-13(22-18(24)10-14-2-6-16(19)7-3-14)15-4-8-17(9-5-15)23-12-20-11-21-23/h2-9,11-13H,10H2,1H3,(H,22,24)/t13-/m0/s1. The topological polar surface area (TPSA) is 59.8 Å². The second-order valence-corrected chi connectivity index (χ2v) is 5.52. The lowest BCUT2D eigenvalue weighted by atomic mass is 10.1. The molecular formula is C18H17FN4O. The lowest BCUT2D eigenvalue weighted by Gasteiger charge is -2.15. The summed E-state index contributed by atoms with van der Waals surface area (Å²) in [6, 6.07) is 13.6. The van der Waals surface area contributed by atoms with Gasteiger partial charge in [-0.3, -0.25) is 4.79 Å². The number of aromatic nitrogens is 3. The van der Waals surface area contributed by atoms with Crippen LogP contribution in [0.3, 0.4) is 0 Å². The van der Waals surface area contributed by atoms with Gasteiger partial charge in [0.1, 0.15) is 18.5 Å². The van der Waals surface area contributed by atoms with E-state index in [9.17, 15) is 9.18 Å². The Labute approximate surface area is 139 Å². The molecule has 0 aliphatic heterocycles. The van der Waals surface area contributed by atoms with Crippen molar-refractivity contribution in [1.82, 2.24) is 20.1 Å². The van der Waals surface area contributed by atoms with Crippen LogP contribution >= 0.6 is 0 Å². The fourth-order valence-electron chi connectivity index (χ4n) is 2.42. The molecule has 24 heavy (non-hydrogen) atoms. The van der Waals surface area contributed by atoms with Gasteiger partial charge in [-0.15, -0.1) is 0 Å². The van der Waals surface area contributed by atoms with Crippen molar-refractivity contribution in [2.24, 2.45) is 0 Å². The Balaban J connectivity index is 1.60. The van der Waals surface area contributed by atoms with E-state index >= 15 is 0 Å². The molecule has 0 aliphatic carbocycles. The number of amides is 1. The number of nitrogens with one attached hydrogen (secondary N) is 1. The number of nitrogens with zero attached hydrogens (tertiary/aromatic N) is 3. The predicted octanol–water partition coefficient (Wildman–Crippen LogP) is 2.83. The van der Waals surface area contributed by atoms with E-state index in [2.05, 4.69) is 15.4 Å². The van der Waals surface area contributed by atoms with Crippen molar-refractivity contribution < 1.29 is 9.18 Å². The summed E-state index contributed by atoms with van der Waals surface area (Å²) in [5.74, 6) is -0.408. The zero-order valence-electron chi connectivity index (χ0n) is 13.2. The molecule has 0 radical (unpaired) electrons. The van der Waals surface area contributed by atoms with Crippen molar-refractivity contribution in [1.29, 1.82) is 0 Å². The first-order valence-corrected chi connectivity index (χ1v) is 7.60. The summed E-state index contributed by atoms with van der Waals surface area (Å²) in [5, 5.41) is 7.02. The van der Waals surface area contributed by atoms with Gasteiger partial charge in [-0.1, -0.05) is 24.3 Å². The molecule has 0 spiro atoms. The maximum atomic E-state index is 12.9. The van der Waals surface area contributed by atoms with E-state index in [4.69, 9.17) is 0 Å². The highest BCUT2D eigenvalue weighted by Gasteiger charge is 2.10. The number of halogens is 1. The lowest BCUT2D eigenvalue weighted by Crippen LogP contribution is -2.28. The van der Waals surface area contributed by atoms with Gasteiger partial charge in [-0.2, -0.15) is 5.10 Å².